The summed E-state index contributed by atoms with van der Waals surface area (Å²) >= 11 is 0. The van der Waals surface area contributed by atoms with Gasteiger partial charge < -0.3 is 10.2 Å². The van der Waals surface area contributed by atoms with Crippen LogP contribution in [0.25, 0.3) is 0 Å². The van der Waals surface area contributed by atoms with Gasteiger partial charge in [0.15, 0.2) is 0 Å². The van der Waals surface area contributed by atoms with Crippen molar-refractivity contribution in [3.63, 3.8) is 0 Å². The minimum Gasteiger partial charge on any atom is -0.365 e. The van der Waals surface area contributed by atoms with Crippen LogP contribution in [-0.4, -0.2) is 45.3 Å². The fourth-order valence-electron chi connectivity index (χ4n) is 3.33. The third-order valence-corrected chi connectivity index (χ3v) is 6.91. The van der Waals surface area contributed by atoms with Gasteiger partial charge in [-0.25, -0.2) is 8.42 Å². The zero-order valence-electron chi connectivity index (χ0n) is 16.4. The third kappa shape index (κ3) is 4.72. The van der Waals surface area contributed by atoms with E-state index in [1.807, 2.05) is 49.2 Å². The molecule has 0 unspecified atom stereocenters. The summed E-state index contributed by atoms with van der Waals surface area (Å²) in [6.07, 6.45) is 2.84. The maximum Gasteiger partial charge on any atom is 0.243 e. The number of carbonyl (C=O) groups excluding carboxylic acids is 1. The number of amides is 1. The maximum absolute atomic E-state index is 12.9. The van der Waals surface area contributed by atoms with E-state index in [0.29, 0.717) is 18.8 Å². The number of sulfonamides is 1. The fourth-order valence-corrected chi connectivity index (χ4v) is 4.87. The van der Waals surface area contributed by atoms with Crippen molar-refractivity contribution in [2.24, 2.45) is 0 Å². The molecule has 0 aliphatic carbocycles. The van der Waals surface area contributed by atoms with Crippen LogP contribution in [0, 0.1) is 6.92 Å². The predicted molar refractivity (Wildman–Crippen MR) is 112 cm³/mol. The minimum atomic E-state index is -3.53. The molecule has 1 fully saturated rings. The van der Waals surface area contributed by atoms with Crippen molar-refractivity contribution in [1.82, 2.24) is 4.31 Å². The number of para-hydroxylation sites is 1. The van der Waals surface area contributed by atoms with E-state index in [1.165, 1.54) is 4.31 Å². The summed E-state index contributed by atoms with van der Waals surface area (Å²) in [6.45, 7) is 3.14. The van der Waals surface area contributed by atoms with E-state index >= 15 is 0 Å². The summed E-state index contributed by atoms with van der Waals surface area (Å²) in [6, 6.07) is 14.6. The van der Waals surface area contributed by atoms with Gasteiger partial charge in [-0.3, -0.25) is 4.79 Å². The molecule has 1 heterocycles. The van der Waals surface area contributed by atoms with E-state index in [4.69, 9.17) is 0 Å². The number of anilines is 2. The van der Waals surface area contributed by atoms with E-state index < -0.39 is 10.0 Å². The number of hydrogen-bond donors (Lipinski definition) is 1. The highest BCUT2D eigenvalue weighted by molar-refractivity contribution is 7.89. The van der Waals surface area contributed by atoms with Crippen molar-refractivity contribution in [3.8, 4) is 0 Å². The van der Waals surface area contributed by atoms with Crippen LogP contribution in [0.1, 0.15) is 24.8 Å². The lowest BCUT2D eigenvalue weighted by molar-refractivity contribution is -0.114. The first-order chi connectivity index (χ1) is 13.4. The molecule has 0 saturated carbocycles. The zero-order valence-corrected chi connectivity index (χ0v) is 17.2. The molecule has 0 aromatic heterocycles. The summed E-state index contributed by atoms with van der Waals surface area (Å²) < 4.78 is 27.3. The lowest BCUT2D eigenvalue weighted by atomic mass is 10.2. The normalized spacial score (nSPS) is 15.2. The second-order valence-electron chi connectivity index (χ2n) is 7.18. The Hall–Kier alpha value is -2.38. The second-order valence-corrected chi connectivity index (χ2v) is 9.12. The van der Waals surface area contributed by atoms with Crippen molar-refractivity contribution < 1.29 is 13.2 Å². The minimum absolute atomic E-state index is 0.173. The molecule has 1 amide bonds. The third-order valence-electron chi connectivity index (χ3n) is 5.01. The van der Waals surface area contributed by atoms with Crippen molar-refractivity contribution in [3.05, 3.63) is 54.1 Å². The van der Waals surface area contributed by atoms with Crippen LogP contribution in [-0.2, 0) is 14.8 Å². The fraction of sp³-hybridized carbons (Fsp3) is 0.381. The summed E-state index contributed by atoms with van der Waals surface area (Å²) in [4.78, 5) is 14.6. The van der Waals surface area contributed by atoms with Crippen LogP contribution in [0.2, 0.25) is 0 Å². The van der Waals surface area contributed by atoms with Gasteiger partial charge in [0.1, 0.15) is 0 Å². The number of nitrogens with zero attached hydrogens (tertiary/aromatic N) is 2. The standard InChI is InChI=1S/C21H27N3O3S/c1-17-11-12-19(28(26,27)24-13-7-4-8-14-24)15-20(17)22-21(25)16-23(2)18-9-5-3-6-10-18/h3,5-6,9-12,15H,4,7-8,13-14,16H2,1-2H3,(H,22,25). The lowest BCUT2D eigenvalue weighted by Gasteiger charge is -2.26. The first-order valence-corrected chi connectivity index (χ1v) is 11.0. The molecule has 6 nitrogen and oxygen atoms in total. The van der Waals surface area contributed by atoms with Crippen molar-refractivity contribution in [1.29, 1.82) is 0 Å². The number of hydrogen-bond acceptors (Lipinski definition) is 4. The van der Waals surface area contributed by atoms with Gasteiger partial charge in [0.25, 0.3) is 0 Å². The average molecular weight is 402 g/mol. The number of benzene rings is 2. The van der Waals surface area contributed by atoms with Crippen LogP contribution < -0.4 is 10.2 Å². The van der Waals surface area contributed by atoms with Gasteiger partial charge in [0, 0.05) is 31.5 Å². The molecule has 1 saturated heterocycles. The number of aryl methyl sites for hydroxylation is 1. The highest BCUT2D eigenvalue weighted by atomic mass is 32.2. The lowest BCUT2D eigenvalue weighted by Crippen LogP contribution is -2.35. The number of piperidine rings is 1. The Morgan fingerprint density at radius 2 is 1.75 bits per heavy atom. The molecular formula is C21H27N3O3S. The van der Waals surface area contributed by atoms with Gasteiger partial charge in [0.05, 0.1) is 11.4 Å². The van der Waals surface area contributed by atoms with Crippen molar-refractivity contribution in [2.45, 2.75) is 31.1 Å². The van der Waals surface area contributed by atoms with Crippen LogP contribution in [0.5, 0.6) is 0 Å². The largest absolute Gasteiger partial charge is 0.365 e. The molecule has 7 heteroatoms. The molecule has 1 aliphatic rings. The van der Waals surface area contributed by atoms with Gasteiger partial charge in [-0.15, -0.1) is 0 Å². The molecule has 0 radical (unpaired) electrons. The number of rotatable bonds is 6. The van der Waals surface area contributed by atoms with Crippen molar-refractivity contribution >= 4 is 27.3 Å². The molecule has 3 rings (SSSR count). The average Bonchev–Trinajstić information content (AvgIpc) is 2.70. The Morgan fingerprint density at radius 1 is 1.07 bits per heavy atom. The SMILES string of the molecule is Cc1ccc(S(=O)(=O)N2CCCCC2)cc1NC(=O)CN(C)c1ccccc1. The first-order valence-electron chi connectivity index (χ1n) is 9.55. The number of likely N-dealkylation sites (N-methyl/N-ethyl adjacent to an activating group) is 1. The van der Waals surface area contributed by atoms with E-state index in [2.05, 4.69) is 5.32 Å². The Labute approximate surface area is 167 Å². The highest BCUT2D eigenvalue weighted by Crippen LogP contribution is 2.25. The van der Waals surface area contributed by atoms with Gasteiger partial charge >= 0.3 is 0 Å². The molecular weight excluding hydrogens is 374 g/mol. The topological polar surface area (TPSA) is 69.7 Å². The van der Waals surface area contributed by atoms with Crippen LogP contribution in [0.3, 0.4) is 0 Å². The molecule has 2 aromatic carbocycles. The summed E-state index contributed by atoms with van der Waals surface area (Å²) in [5, 5.41) is 2.86. The quantitative estimate of drug-likeness (QED) is 0.807. The highest BCUT2D eigenvalue weighted by Gasteiger charge is 2.26. The number of carbonyl (C=O) groups is 1. The summed E-state index contributed by atoms with van der Waals surface area (Å²) in [7, 11) is -1.69. The Bertz CT molecular complexity index is 923. The Balaban J connectivity index is 1.73. The monoisotopic (exact) mass is 401 g/mol. The van der Waals surface area contributed by atoms with Gasteiger partial charge in [-0.2, -0.15) is 4.31 Å². The van der Waals surface area contributed by atoms with Gasteiger partial charge in [-0.05, 0) is 49.6 Å². The maximum atomic E-state index is 12.9. The van der Waals surface area contributed by atoms with Crippen molar-refractivity contribution in [2.75, 3.05) is 36.9 Å². The molecule has 0 spiro atoms. The Morgan fingerprint density at radius 3 is 2.43 bits per heavy atom. The first kappa shape index (κ1) is 20.4. The molecule has 0 atom stereocenters. The zero-order chi connectivity index (χ0) is 20.1. The van der Waals surface area contributed by atoms with Gasteiger partial charge in [-0.1, -0.05) is 30.7 Å². The summed E-state index contributed by atoms with van der Waals surface area (Å²) in [5.74, 6) is -0.193. The summed E-state index contributed by atoms with van der Waals surface area (Å²) in [5.41, 5.74) is 2.30. The number of nitrogens with one attached hydrogen (secondary N) is 1. The molecule has 150 valence electrons. The second kappa shape index (κ2) is 8.75. The van der Waals surface area contributed by atoms with Gasteiger partial charge in [0.2, 0.25) is 15.9 Å². The van der Waals surface area contributed by atoms with E-state index in [1.54, 1.807) is 18.2 Å². The molecule has 1 aliphatic heterocycles. The Kier molecular flexibility index (Phi) is 6.36. The van der Waals surface area contributed by atoms with Crippen LogP contribution >= 0.6 is 0 Å². The smallest absolute Gasteiger partial charge is 0.243 e. The van der Waals surface area contributed by atoms with E-state index in [-0.39, 0.29) is 17.3 Å². The molecule has 2 aromatic rings. The predicted octanol–water partition coefficient (Wildman–Crippen LogP) is 3.24. The van der Waals surface area contributed by atoms with Crippen LogP contribution in [0.4, 0.5) is 11.4 Å². The van der Waals surface area contributed by atoms with Crippen LogP contribution in [0.15, 0.2) is 53.4 Å². The van der Waals surface area contributed by atoms with E-state index in [9.17, 15) is 13.2 Å². The molecule has 28 heavy (non-hydrogen) atoms. The molecule has 1 N–H and O–H groups in total. The van der Waals surface area contributed by atoms with E-state index in [0.717, 1.165) is 30.5 Å². The molecule has 0 bridgehead atoms.